The van der Waals surface area contributed by atoms with Crippen LogP contribution in [0, 0.1) is 0 Å². The third-order valence-corrected chi connectivity index (χ3v) is 4.00. The lowest BCUT2D eigenvalue weighted by Crippen LogP contribution is -2.39. The summed E-state index contributed by atoms with van der Waals surface area (Å²) in [5.74, 6) is 0. The number of benzene rings is 2. The molecule has 0 aromatic heterocycles. The second-order valence-corrected chi connectivity index (χ2v) is 6.30. The zero-order valence-corrected chi connectivity index (χ0v) is 15.3. The number of carbonyl (C=O) groups excluding carboxylic acids is 1. The molecular formula is C21H27NO5. The molecule has 2 unspecified atom stereocenters. The smallest absolute Gasteiger partial charge is 0.407 e. The maximum Gasteiger partial charge on any atom is 0.407 e. The lowest BCUT2D eigenvalue weighted by Gasteiger charge is -2.17. The number of aryl methyl sites for hydroxylation is 1. The summed E-state index contributed by atoms with van der Waals surface area (Å²) in [6.07, 6.45) is -0.235. The van der Waals surface area contributed by atoms with Crippen LogP contribution in [-0.4, -0.2) is 48.3 Å². The molecule has 0 bridgehead atoms. The summed E-state index contributed by atoms with van der Waals surface area (Å²) in [4.78, 5) is 11.8. The van der Waals surface area contributed by atoms with Crippen molar-refractivity contribution in [2.24, 2.45) is 0 Å². The minimum absolute atomic E-state index is 0.0691. The fourth-order valence-corrected chi connectivity index (χ4v) is 2.51. The summed E-state index contributed by atoms with van der Waals surface area (Å²) in [6, 6.07) is 19.1. The van der Waals surface area contributed by atoms with E-state index in [1.54, 1.807) is 0 Å². The minimum atomic E-state index is -0.906. The van der Waals surface area contributed by atoms with Gasteiger partial charge in [0.25, 0.3) is 0 Å². The van der Waals surface area contributed by atoms with Gasteiger partial charge in [-0.2, -0.15) is 0 Å². The summed E-state index contributed by atoms with van der Waals surface area (Å²) in [5, 5.41) is 21.9. The number of ether oxygens (including phenoxy) is 2. The van der Waals surface area contributed by atoms with Crippen LogP contribution in [0.5, 0.6) is 0 Å². The SMILES string of the molecule is O=C(NC(CO)CCc1ccccc1)OCC(O)COCc1ccccc1. The molecule has 0 spiro atoms. The number of carbonyl (C=O) groups is 1. The van der Waals surface area contributed by atoms with Gasteiger partial charge in [0.15, 0.2) is 0 Å². The van der Waals surface area contributed by atoms with Gasteiger partial charge in [-0.1, -0.05) is 60.7 Å². The van der Waals surface area contributed by atoms with Crippen molar-refractivity contribution in [1.29, 1.82) is 0 Å². The van der Waals surface area contributed by atoms with Gasteiger partial charge in [-0.15, -0.1) is 0 Å². The fraction of sp³-hybridized carbons (Fsp3) is 0.381. The molecule has 146 valence electrons. The number of hydrogen-bond donors (Lipinski definition) is 3. The molecule has 0 saturated carbocycles. The Morgan fingerprint density at radius 3 is 2.22 bits per heavy atom. The van der Waals surface area contributed by atoms with Gasteiger partial charge in [0.05, 0.1) is 25.9 Å². The van der Waals surface area contributed by atoms with Crippen LogP contribution in [0.15, 0.2) is 60.7 Å². The fourth-order valence-electron chi connectivity index (χ4n) is 2.51. The van der Waals surface area contributed by atoms with Crippen LogP contribution >= 0.6 is 0 Å². The quantitative estimate of drug-likeness (QED) is 0.562. The molecule has 2 aromatic carbocycles. The van der Waals surface area contributed by atoms with E-state index in [0.717, 1.165) is 17.5 Å². The first kappa shape index (κ1) is 20.9. The van der Waals surface area contributed by atoms with Gasteiger partial charge in [-0.25, -0.2) is 4.79 Å². The predicted octanol–water partition coefficient (Wildman–Crippen LogP) is 2.28. The number of nitrogens with one attached hydrogen (secondary N) is 1. The second kappa shape index (κ2) is 12.1. The van der Waals surface area contributed by atoms with Gasteiger partial charge in [0, 0.05) is 0 Å². The largest absolute Gasteiger partial charge is 0.447 e. The zero-order valence-electron chi connectivity index (χ0n) is 15.3. The number of aliphatic hydroxyl groups is 2. The Balaban J connectivity index is 1.60. The van der Waals surface area contributed by atoms with E-state index in [1.165, 1.54) is 0 Å². The topological polar surface area (TPSA) is 88.0 Å². The van der Waals surface area contributed by atoms with Crippen molar-refractivity contribution < 1.29 is 24.5 Å². The summed E-state index contributed by atoms with van der Waals surface area (Å²) in [5.41, 5.74) is 2.14. The van der Waals surface area contributed by atoms with Crippen LogP contribution in [0.25, 0.3) is 0 Å². The monoisotopic (exact) mass is 373 g/mol. The third kappa shape index (κ3) is 8.68. The second-order valence-electron chi connectivity index (χ2n) is 6.30. The van der Waals surface area contributed by atoms with Gasteiger partial charge in [0.2, 0.25) is 0 Å². The van der Waals surface area contributed by atoms with Crippen molar-refractivity contribution in [3.05, 3.63) is 71.8 Å². The molecule has 0 saturated heterocycles. The molecule has 0 heterocycles. The molecule has 2 atom stereocenters. The Labute approximate surface area is 159 Å². The summed E-state index contributed by atoms with van der Waals surface area (Å²) < 4.78 is 10.4. The number of rotatable bonds is 11. The van der Waals surface area contributed by atoms with Crippen molar-refractivity contribution >= 4 is 6.09 Å². The van der Waals surface area contributed by atoms with Crippen molar-refractivity contribution in [2.75, 3.05) is 19.8 Å². The van der Waals surface area contributed by atoms with Crippen LogP contribution in [0.3, 0.4) is 0 Å². The molecule has 0 radical (unpaired) electrons. The van der Waals surface area contributed by atoms with E-state index in [4.69, 9.17) is 9.47 Å². The molecule has 2 rings (SSSR count). The standard InChI is InChI=1S/C21H27NO5/c23-13-19(12-11-17-7-3-1-4-8-17)22-21(25)27-16-20(24)15-26-14-18-9-5-2-6-10-18/h1-10,19-20,23-24H,11-16H2,(H,22,25). The van der Waals surface area contributed by atoms with Crippen LogP contribution < -0.4 is 5.32 Å². The zero-order chi connectivity index (χ0) is 19.3. The Bertz CT molecular complexity index is 650. The highest BCUT2D eigenvalue weighted by atomic mass is 16.6. The van der Waals surface area contributed by atoms with E-state index in [1.807, 2.05) is 60.7 Å². The van der Waals surface area contributed by atoms with E-state index in [0.29, 0.717) is 13.0 Å². The maximum absolute atomic E-state index is 11.8. The lowest BCUT2D eigenvalue weighted by molar-refractivity contribution is -0.00626. The molecule has 0 fully saturated rings. The number of hydrogen-bond acceptors (Lipinski definition) is 5. The third-order valence-electron chi connectivity index (χ3n) is 4.00. The van der Waals surface area contributed by atoms with Crippen molar-refractivity contribution in [2.45, 2.75) is 31.6 Å². The van der Waals surface area contributed by atoms with Gasteiger partial charge in [0.1, 0.15) is 12.7 Å². The van der Waals surface area contributed by atoms with E-state index in [-0.39, 0.29) is 19.8 Å². The molecule has 0 aliphatic heterocycles. The molecule has 3 N–H and O–H groups in total. The number of amides is 1. The molecular weight excluding hydrogens is 346 g/mol. The van der Waals surface area contributed by atoms with Crippen molar-refractivity contribution in [3.63, 3.8) is 0 Å². The van der Waals surface area contributed by atoms with Gasteiger partial charge >= 0.3 is 6.09 Å². The number of aliphatic hydroxyl groups excluding tert-OH is 2. The Kier molecular flexibility index (Phi) is 9.34. The van der Waals surface area contributed by atoms with Gasteiger partial charge in [-0.05, 0) is 24.0 Å². The summed E-state index contributed by atoms with van der Waals surface area (Å²) in [6.45, 7) is 0.109. The van der Waals surface area contributed by atoms with E-state index < -0.39 is 18.2 Å². The molecule has 1 amide bonds. The normalized spacial score (nSPS) is 13.0. The van der Waals surface area contributed by atoms with Crippen LogP contribution in [0.1, 0.15) is 17.5 Å². The average Bonchev–Trinajstić information content (AvgIpc) is 2.71. The van der Waals surface area contributed by atoms with Crippen molar-refractivity contribution in [1.82, 2.24) is 5.32 Å². The average molecular weight is 373 g/mol. The lowest BCUT2D eigenvalue weighted by atomic mass is 10.1. The Morgan fingerprint density at radius 2 is 1.59 bits per heavy atom. The summed E-state index contributed by atoms with van der Waals surface area (Å²) in [7, 11) is 0. The van der Waals surface area contributed by atoms with Gasteiger partial charge in [-0.3, -0.25) is 0 Å². The maximum atomic E-state index is 11.8. The molecule has 27 heavy (non-hydrogen) atoms. The minimum Gasteiger partial charge on any atom is -0.447 e. The molecule has 2 aromatic rings. The highest BCUT2D eigenvalue weighted by Crippen LogP contribution is 2.05. The first-order chi connectivity index (χ1) is 13.2. The van der Waals surface area contributed by atoms with E-state index in [2.05, 4.69) is 5.32 Å². The molecule has 6 nitrogen and oxygen atoms in total. The first-order valence-corrected chi connectivity index (χ1v) is 9.05. The first-order valence-electron chi connectivity index (χ1n) is 9.05. The van der Waals surface area contributed by atoms with Gasteiger partial charge < -0.3 is 25.0 Å². The Morgan fingerprint density at radius 1 is 0.963 bits per heavy atom. The molecule has 6 heteroatoms. The van der Waals surface area contributed by atoms with E-state index in [9.17, 15) is 15.0 Å². The Hall–Kier alpha value is -2.41. The summed E-state index contributed by atoms with van der Waals surface area (Å²) >= 11 is 0. The van der Waals surface area contributed by atoms with E-state index >= 15 is 0 Å². The highest BCUT2D eigenvalue weighted by Gasteiger charge is 2.14. The van der Waals surface area contributed by atoms with Crippen LogP contribution in [0.2, 0.25) is 0 Å². The molecule has 0 aliphatic carbocycles. The molecule has 0 aliphatic rings. The highest BCUT2D eigenvalue weighted by molar-refractivity contribution is 5.67. The van der Waals surface area contributed by atoms with Crippen LogP contribution in [-0.2, 0) is 22.5 Å². The predicted molar refractivity (Wildman–Crippen MR) is 102 cm³/mol. The van der Waals surface area contributed by atoms with Crippen LogP contribution in [0.4, 0.5) is 4.79 Å². The number of alkyl carbamates (subject to hydrolysis) is 1. The van der Waals surface area contributed by atoms with Crippen molar-refractivity contribution in [3.8, 4) is 0 Å².